The molecule has 2 rings (SSSR count). The second-order valence-corrected chi connectivity index (χ2v) is 7.09. The number of nitrogens with zero attached hydrogens (tertiary/aromatic N) is 2. The van der Waals surface area contributed by atoms with Crippen LogP contribution in [0.3, 0.4) is 0 Å². The van der Waals surface area contributed by atoms with Crippen molar-refractivity contribution in [3.8, 4) is 5.88 Å². The van der Waals surface area contributed by atoms with Crippen LogP contribution in [0.5, 0.6) is 5.88 Å². The minimum absolute atomic E-state index is 0. The summed E-state index contributed by atoms with van der Waals surface area (Å²) in [5.74, 6) is 3.20. The molecule has 2 atom stereocenters. The highest BCUT2D eigenvalue weighted by atomic mass is 127. The summed E-state index contributed by atoms with van der Waals surface area (Å²) < 4.78 is 10.7. The Hall–Kier alpha value is -1.09. The number of guanidine groups is 1. The first kappa shape index (κ1) is 23.9. The Kier molecular flexibility index (Phi) is 12.4. The Labute approximate surface area is 180 Å². The van der Waals surface area contributed by atoms with Crippen molar-refractivity contribution in [3.05, 3.63) is 23.9 Å². The zero-order chi connectivity index (χ0) is 18.6. The van der Waals surface area contributed by atoms with Gasteiger partial charge in [0.1, 0.15) is 6.61 Å². The molecule has 0 bridgehead atoms. The van der Waals surface area contributed by atoms with Crippen LogP contribution in [0.25, 0.3) is 0 Å². The molecule has 0 spiro atoms. The summed E-state index contributed by atoms with van der Waals surface area (Å²) in [7, 11) is 3.46. The first-order valence-electron chi connectivity index (χ1n) is 9.73. The quantitative estimate of drug-likeness (QED) is 0.240. The molecule has 27 heavy (non-hydrogen) atoms. The van der Waals surface area contributed by atoms with Gasteiger partial charge >= 0.3 is 0 Å². The largest absolute Gasteiger partial charge is 0.475 e. The van der Waals surface area contributed by atoms with E-state index in [-0.39, 0.29) is 24.0 Å². The number of rotatable bonds is 9. The number of hydrogen-bond donors (Lipinski definition) is 2. The molecule has 0 amide bonds. The number of hydrogen-bond acceptors (Lipinski definition) is 4. The monoisotopic (exact) mass is 490 g/mol. The summed E-state index contributed by atoms with van der Waals surface area (Å²) in [5, 5.41) is 6.78. The van der Waals surface area contributed by atoms with Crippen LogP contribution in [0.4, 0.5) is 0 Å². The highest BCUT2D eigenvalue weighted by Gasteiger charge is 2.18. The molecule has 154 valence electrons. The number of aliphatic imine (C=N–C) groups is 1. The standard InChI is InChI=1S/C20H34N4O2.HI/c1-16-6-4-7-17(14-16)9-11-23-20(21-2)24-15-18-8-5-10-22-19(18)26-13-12-25-3;/h5,8,10,16-17H,4,6-7,9,11-15H2,1-3H3,(H2,21,23,24);1H. The highest BCUT2D eigenvalue weighted by Crippen LogP contribution is 2.30. The van der Waals surface area contributed by atoms with Crippen LogP contribution >= 0.6 is 24.0 Å². The minimum Gasteiger partial charge on any atom is -0.475 e. The number of nitrogens with one attached hydrogen (secondary N) is 2. The molecule has 2 N–H and O–H groups in total. The fourth-order valence-electron chi connectivity index (χ4n) is 3.53. The summed E-state index contributed by atoms with van der Waals surface area (Å²) in [6.45, 7) is 5.00. The molecule has 1 fully saturated rings. The maximum atomic E-state index is 5.68. The van der Waals surface area contributed by atoms with Crippen molar-refractivity contribution in [1.82, 2.24) is 15.6 Å². The molecule has 0 saturated heterocycles. The van der Waals surface area contributed by atoms with Gasteiger partial charge in [0.15, 0.2) is 5.96 Å². The normalized spacial score (nSPS) is 19.9. The van der Waals surface area contributed by atoms with Gasteiger partial charge in [0.25, 0.3) is 0 Å². The van der Waals surface area contributed by atoms with Crippen molar-refractivity contribution in [2.45, 2.75) is 45.6 Å². The number of aromatic nitrogens is 1. The fourth-order valence-corrected chi connectivity index (χ4v) is 3.53. The van der Waals surface area contributed by atoms with Crippen LogP contribution < -0.4 is 15.4 Å². The van der Waals surface area contributed by atoms with E-state index in [9.17, 15) is 0 Å². The molecule has 1 aliphatic carbocycles. The summed E-state index contributed by atoms with van der Waals surface area (Å²) in [4.78, 5) is 8.63. The van der Waals surface area contributed by atoms with Gasteiger partial charge in [-0.05, 0) is 30.7 Å². The van der Waals surface area contributed by atoms with Gasteiger partial charge in [-0.2, -0.15) is 0 Å². The molecular formula is C20H35IN4O2. The van der Waals surface area contributed by atoms with E-state index in [1.807, 2.05) is 12.1 Å². The first-order valence-corrected chi connectivity index (χ1v) is 9.73. The molecule has 0 radical (unpaired) electrons. The average molecular weight is 490 g/mol. The Balaban J connectivity index is 0.00000364. The van der Waals surface area contributed by atoms with E-state index in [1.165, 1.54) is 32.1 Å². The van der Waals surface area contributed by atoms with E-state index in [2.05, 4.69) is 27.5 Å². The van der Waals surface area contributed by atoms with Gasteiger partial charge in [-0.3, -0.25) is 4.99 Å². The molecule has 1 aromatic rings. The Morgan fingerprint density at radius 3 is 2.89 bits per heavy atom. The molecule has 0 aliphatic heterocycles. The van der Waals surface area contributed by atoms with Crippen molar-refractivity contribution < 1.29 is 9.47 Å². The lowest BCUT2D eigenvalue weighted by molar-refractivity contribution is 0.143. The number of ether oxygens (including phenoxy) is 2. The summed E-state index contributed by atoms with van der Waals surface area (Å²) >= 11 is 0. The summed E-state index contributed by atoms with van der Waals surface area (Å²) in [6, 6.07) is 3.93. The van der Waals surface area contributed by atoms with Crippen molar-refractivity contribution >= 4 is 29.9 Å². The lowest BCUT2D eigenvalue weighted by atomic mass is 9.81. The van der Waals surface area contributed by atoms with Crippen LogP contribution in [-0.2, 0) is 11.3 Å². The van der Waals surface area contributed by atoms with Crippen LogP contribution in [0.2, 0.25) is 0 Å². The van der Waals surface area contributed by atoms with Gasteiger partial charge in [0, 0.05) is 39.0 Å². The molecule has 0 aromatic carbocycles. The van der Waals surface area contributed by atoms with E-state index in [0.29, 0.717) is 25.6 Å². The topological polar surface area (TPSA) is 67.8 Å². The SMILES string of the molecule is CN=C(NCCC1CCCC(C)C1)NCc1cccnc1OCCOC.I. The second-order valence-electron chi connectivity index (χ2n) is 7.09. The van der Waals surface area contributed by atoms with Crippen LogP contribution in [0.1, 0.15) is 44.6 Å². The first-order chi connectivity index (χ1) is 12.7. The van der Waals surface area contributed by atoms with Crippen LogP contribution in [0, 0.1) is 11.8 Å². The molecule has 1 heterocycles. The fraction of sp³-hybridized carbons (Fsp3) is 0.700. The van der Waals surface area contributed by atoms with E-state index >= 15 is 0 Å². The molecule has 6 nitrogen and oxygen atoms in total. The molecule has 1 aromatic heterocycles. The third-order valence-corrected chi connectivity index (χ3v) is 4.94. The van der Waals surface area contributed by atoms with Crippen molar-refractivity contribution in [3.63, 3.8) is 0 Å². The summed E-state index contributed by atoms with van der Waals surface area (Å²) in [5.41, 5.74) is 1.01. The highest BCUT2D eigenvalue weighted by molar-refractivity contribution is 14.0. The third kappa shape index (κ3) is 9.10. The average Bonchev–Trinajstić information content (AvgIpc) is 2.66. The van der Waals surface area contributed by atoms with E-state index < -0.39 is 0 Å². The lowest BCUT2D eigenvalue weighted by Gasteiger charge is -2.26. The number of methoxy groups -OCH3 is 1. The smallest absolute Gasteiger partial charge is 0.218 e. The Morgan fingerprint density at radius 2 is 2.15 bits per heavy atom. The van der Waals surface area contributed by atoms with Gasteiger partial charge in [-0.1, -0.05) is 32.3 Å². The van der Waals surface area contributed by atoms with E-state index in [1.54, 1.807) is 20.4 Å². The predicted molar refractivity (Wildman–Crippen MR) is 121 cm³/mol. The Bertz CT molecular complexity index is 557. The minimum atomic E-state index is 0. The maximum absolute atomic E-state index is 5.68. The lowest BCUT2D eigenvalue weighted by Crippen LogP contribution is -2.38. The number of halogens is 1. The Morgan fingerprint density at radius 1 is 1.30 bits per heavy atom. The molecule has 2 unspecified atom stereocenters. The van der Waals surface area contributed by atoms with Gasteiger partial charge in [0.2, 0.25) is 5.88 Å². The van der Waals surface area contributed by atoms with Gasteiger partial charge in [0.05, 0.1) is 6.61 Å². The third-order valence-electron chi connectivity index (χ3n) is 4.94. The molecule has 7 heteroatoms. The predicted octanol–water partition coefficient (Wildman–Crippen LogP) is 3.61. The van der Waals surface area contributed by atoms with E-state index in [4.69, 9.17) is 9.47 Å². The molecule has 1 saturated carbocycles. The zero-order valence-electron chi connectivity index (χ0n) is 16.9. The van der Waals surface area contributed by atoms with Crippen molar-refractivity contribution in [1.29, 1.82) is 0 Å². The van der Waals surface area contributed by atoms with Gasteiger partial charge < -0.3 is 20.1 Å². The molecule has 1 aliphatic rings. The van der Waals surface area contributed by atoms with Crippen molar-refractivity contribution in [2.24, 2.45) is 16.8 Å². The van der Waals surface area contributed by atoms with E-state index in [0.717, 1.165) is 29.9 Å². The van der Waals surface area contributed by atoms with Gasteiger partial charge in [-0.15, -0.1) is 24.0 Å². The summed E-state index contributed by atoms with van der Waals surface area (Å²) in [6.07, 6.45) is 8.47. The van der Waals surface area contributed by atoms with Crippen LogP contribution in [0.15, 0.2) is 23.3 Å². The maximum Gasteiger partial charge on any atom is 0.218 e. The zero-order valence-corrected chi connectivity index (χ0v) is 19.2. The number of pyridine rings is 1. The van der Waals surface area contributed by atoms with Crippen LogP contribution in [-0.4, -0.2) is 44.9 Å². The van der Waals surface area contributed by atoms with Gasteiger partial charge in [-0.25, -0.2) is 4.98 Å². The second kappa shape index (κ2) is 14.0. The van der Waals surface area contributed by atoms with Crippen molar-refractivity contribution in [2.75, 3.05) is 33.9 Å². The molecular weight excluding hydrogens is 455 g/mol.